The molecule has 2 aromatic rings. The Kier molecular flexibility index (Phi) is 7.94. The average molecular weight is 447 g/mol. The zero-order chi connectivity index (χ0) is 20.8. The summed E-state index contributed by atoms with van der Waals surface area (Å²) >= 11 is 13.3. The van der Waals surface area contributed by atoms with Crippen LogP contribution in [0.1, 0.15) is 20.8 Å². The summed E-state index contributed by atoms with van der Waals surface area (Å²) in [5.74, 6) is -2.29. The SMILES string of the molecule is CN=C(/C(Cl)=C\N)c1cc(C(=O)N[C@H](CN)Cc2ccc(F)c(F)c2)sc1Cl. The quantitative estimate of drug-likeness (QED) is 0.568. The number of carbonyl (C=O) groups is 1. The van der Waals surface area contributed by atoms with Gasteiger partial charge in [-0.05, 0) is 30.2 Å². The predicted molar refractivity (Wildman–Crippen MR) is 110 cm³/mol. The van der Waals surface area contributed by atoms with Crippen molar-refractivity contribution >= 4 is 46.2 Å². The molecule has 0 radical (unpaired) electrons. The molecule has 0 aliphatic carbocycles. The van der Waals surface area contributed by atoms with E-state index in [0.29, 0.717) is 26.1 Å². The third-order valence-corrected chi connectivity index (χ3v) is 5.51. The fourth-order valence-electron chi connectivity index (χ4n) is 2.48. The molecule has 0 bridgehead atoms. The number of amides is 1. The van der Waals surface area contributed by atoms with Crippen LogP contribution in [0.2, 0.25) is 4.34 Å². The van der Waals surface area contributed by atoms with Crippen molar-refractivity contribution in [2.45, 2.75) is 12.5 Å². The van der Waals surface area contributed by atoms with E-state index in [2.05, 4.69) is 10.3 Å². The summed E-state index contributed by atoms with van der Waals surface area (Å²) in [5.41, 5.74) is 12.5. The smallest absolute Gasteiger partial charge is 0.261 e. The largest absolute Gasteiger partial charge is 0.403 e. The van der Waals surface area contributed by atoms with Gasteiger partial charge in [0.05, 0.1) is 15.6 Å². The topological polar surface area (TPSA) is 93.5 Å². The van der Waals surface area contributed by atoms with Crippen LogP contribution in [-0.4, -0.2) is 31.3 Å². The van der Waals surface area contributed by atoms with E-state index in [4.69, 9.17) is 34.7 Å². The first-order valence-corrected chi connectivity index (χ1v) is 9.67. The number of thiophene rings is 1. The zero-order valence-corrected chi connectivity index (χ0v) is 17.1. The fourth-order valence-corrected chi connectivity index (χ4v) is 3.84. The van der Waals surface area contributed by atoms with E-state index < -0.39 is 23.6 Å². The van der Waals surface area contributed by atoms with Crippen molar-refractivity contribution in [1.29, 1.82) is 0 Å². The Hall–Kier alpha value is -2.00. The van der Waals surface area contributed by atoms with Gasteiger partial charge in [0.15, 0.2) is 11.6 Å². The minimum Gasteiger partial charge on any atom is -0.403 e. The summed E-state index contributed by atoms with van der Waals surface area (Å²) in [6.45, 7) is 0.111. The summed E-state index contributed by atoms with van der Waals surface area (Å²) in [5, 5.41) is 2.97. The van der Waals surface area contributed by atoms with E-state index >= 15 is 0 Å². The van der Waals surface area contributed by atoms with E-state index in [9.17, 15) is 13.6 Å². The van der Waals surface area contributed by atoms with Crippen LogP contribution in [0.5, 0.6) is 0 Å². The number of hydrogen-bond donors (Lipinski definition) is 3. The Morgan fingerprint density at radius 1 is 1.36 bits per heavy atom. The number of allylic oxidation sites excluding steroid dienone is 1. The van der Waals surface area contributed by atoms with Crippen LogP contribution in [-0.2, 0) is 6.42 Å². The normalized spacial score (nSPS) is 13.5. The fraction of sp³-hybridized carbons (Fsp3) is 0.222. The predicted octanol–water partition coefficient (Wildman–Crippen LogP) is 3.44. The van der Waals surface area contributed by atoms with Crippen LogP contribution >= 0.6 is 34.5 Å². The monoisotopic (exact) mass is 446 g/mol. The van der Waals surface area contributed by atoms with Crippen molar-refractivity contribution in [3.63, 3.8) is 0 Å². The van der Waals surface area contributed by atoms with Gasteiger partial charge >= 0.3 is 0 Å². The number of benzene rings is 1. The van der Waals surface area contributed by atoms with Crippen LogP contribution in [0.15, 0.2) is 40.5 Å². The highest BCUT2D eigenvalue weighted by molar-refractivity contribution is 7.18. The van der Waals surface area contributed by atoms with Gasteiger partial charge in [0, 0.05) is 31.4 Å². The molecule has 1 heterocycles. The second kappa shape index (κ2) is 9.97. The van der Waals surface area contributed by atoms with Crippen LogP contribution in [0.4, 0.5) is 8.78 Å². The van der Waals surface area contributed by atoms with Gasteiger partial charge in [0.1, 0.15) is 4.34 Å². The summed E-state index contributed by atoms with van der Waals surface area (Å²) < 4.78 is 26.8. The van der Waals surface area contributed by atoms with Crippen LogP contribution in [0, 0.1) is 11.6 Å². The highest BCUT2D eigenvalue weighted by atomic mass is 35.5. The third-order valence-electron chi connectivity index (χ3n) is 3.85. The molecule has 0 aliphatic rings. The van der Waals surface area contributed by atoms with Gasteiger partial charge < -0.3 is 16.8 Å². The lowest BCUT2D eigenvalue weighted by Crippen LogP contribution is -2.41. The summed E-state index contributed by atoms with van der Waals surface area (Å²) in [6, 6.07) is 4.63. The lowest BCUT2D eigenvalue weighted by molar-refractivity contribution is 0.0942. The van der Waals surface area contributed by atoms with E-state index in [1.165, 1.54) is 19.3 Å². The van der Waals surface area contributed by atoms with Crippen LogP contribution in [0.3, 0.4) is 0 Å². The molecule has 0 saturated carbocycles. The number of nitrogens with zero attached hydrogens (tertiary/aromatic N) is 1. The summed E-state index contributed by atoms with van der Waals surface area (Å²) in [7, 11) is 1.53. The lowest BCUT2D eigenvalue weighted by atomic mass is 10.1. The molecule has 1 amide bonds. The molecule has 0 saturated heterocycles. The number of aliphatic imine (C=N–C) groups is 1. The Bertz CT molecular complexity index is 930. The van der Waals surface area contributed by atoms with Gasteiger partial charge in [-0.25, -0.2) is 8.78 Å². The minimum atomic E-state index is -0.953. The zero-order valence-electron chi connectivity index (χ0n) is 14.8. The number of carbonyl (C=O) groups excluding carboxylic acids is 1. The number of halogens is 4. The first kappa shape index (κ1) is 22.3. The second-order valence-electron chi connectivity index (χ2n) is 5.74. The highest BCUT2D eigenvalue weighted by Crippen LogP contribution is 2.30. The first-order valence-electron chi connectivity index (χ1n) is 8.09. The van der Waals surface area contributed by atoms with Crippen molar-refractivity contribution in [1.82, 2.24) is 5.32 Å². The van der Waals surface area contributed by atoms with Crippen molar-refractivity contribution < 1.29 is 13.6 Å². The molecule has 0 unspecified atom stereocenters. The Morgan fingerprint density at radius 2 is 2.07 bits per heavy atom. The van der Waals surface area contributed by atoms with Gasteiger partial charge in [0.2, 0.25) is 0 Å². The van der Waals surface area contributed by atoms with E-state index in [0.717, 1.165) is 23.5 Å². The molecule has 1 aromatic heterocycles. The maximum atomic E-state index is 13.4. The number of nitrogens with two attached hydrogens (primary N) is 2. The lowest BCUT2D eigenvalue weighted by Gasteiger charge is -2.16. The van der Waals surface area contributed by atoms with Crippen molar-refractivity contribution in [3.8, 4) is 0 Å². The van der Waals surface area contributed by atoms with Gasteiger partial charge in [-0.2, -0.15) is 0 Å². The second-order valence-corrected chi connectivity index (χ2v) is 7.80. The molecular formula is C18H18Cl2F2N4OS. The first-order chi connectivity index (χ1) is 13.3. The van der Waals surface area contributed by atoms with Gasteiger partial charge in [-0.1, -0.05) is 29.3 Å². The van der Waals surface area contributed by atoms with E-state index in [1.807, 2.05) is 0 Å². The van der Waals surface area contributed by atoms with Gasteiger partial charge in [-0.3, -0.25) is 9.79 Å². The maximum Gasteiger partial charge on any atom is 0.261 e. The Balaban J connectivity index is 2.16. The highest BCUT2D eigenvalue weighted by Gasteiger charge is 2.21. The van der Waals surface area contributed by atoms with Gasteiger partial charge in [0.25, 0.3) is 5.91 Å². The van der Waals surface area contributed by atoms with Gasteiger partial charge in [-0.15, -0.1) is 11.3 Å². The van der Waals surface area contributed by atoms with Crippen LogP contribution < -0.4 is 16.8 Å². The Morgan fingerprint density at radius 3 is 2.64 bits per heavy atom. The molecule has 1 atom stereocenters. The minimum absolute atomic E-state index is 0.111. The molecule has 2 rings (SSSR count). The molecule has 5 N–H and O–H groups in total. The molecule has 1 aromatic carbocycles. The van der Waals surface area contributed by atoms with E-state index in [-0.39, 0.29) is 18.0 Å². The Labute approximate surface area is 175 Å². The molecule has 28 heavy (non-hydrogen) atoms. The number of nitrogens with one attached hydrogen (secondary N) is 1. The maximum absolute atomic E-state index is 13.4. The molecule has 0 aliphatic heterocycles. The van der Waals surface area contributed by atoms with Crippen molar-refractivity contribution in [2.75, 3.05) is 13.6 Å². The number of rotatable bonds is 7. The van der Waals surface area contributed by atoms with E-state index in [1.54, 1.807) is 6.07 Å². The number of hydrogen-bond acceptors (Lipinski definition) is 5. The van der Waals surface area contributed by atoms with Crippen molar-refractivity contribution in [2.24, 2.45) is 16.5 Å². The summed E-state index contributed by atoms with van der Waals surface area (Å²) in [6.07, 6.45) is 1.43. The molecule has 10 heteroatoms. The van der Waals surface area contributed by atoms with Crippen LogP contribution in [0.25, 0.3) is 0 Å². The standard InChI is InChI=1S/C18H18Cl2F2N4OS/c1-25-16(12(19)8-24)11-6-15(28-17(11)20)18(27)26-10(7-23)4-9-2-3-13(21)14(22)5-9/h2-3,5-6,8,10H,4,7,23-24H2,1H3,(H,26,27)/b12-8+,25-16?/t10-/m0/s1. The van der Waals surface area contributed by atoms with Crippen molar-refractivity contribution in [3.05, 3.63) is 67.5 Å². The molecule has 0 fully saturated rings. The molecule has 150 valence electrons. The molecular weight excluding hydrogens is 429 g/mol. The third kappa shape index (κ3) is 5.29. The molecule has 5 nitrogen and oxygen atoms in total. The molecule has 0 spiro atoms. The summed E-state index contributed by atoms with van der Waals surface area (Å²) in [4.78, 5) is 17.0. The average Bonchev–Trinajstić information content (AvgIpc) is 3.06.